The molecule has 1 aromatic rings. The third-order valence-corrected chi connectivity index (χ3v) is 6.87. The summed E-state index contributed by atoms with van der Waals surface area (Å²) in [5, 5.41) is 10.2. The molecule has 1 heterocycles. The van der Waals surface area contributed by atoms with E-state index in [-0.39, 0.29) is 17.5 Å². The van der Waals surface area contributed by atoms with Crippen LogP contribution >= 0.6 is 0 Å². The maximum absolute atomic E-state index is 12.7. The molecular formula is C22H31NO3. The second-order valence-corrected chi connectivity index (χ2v) is 8.62. The number of ether oxygens (including phenoxy) is 1. The number of nitrogens with zero attached hydrogens (tertiary/aromatic N) is 1. The van der Waals surface area contributed by atoms with Gasteiger partial charge in [0.1, 0.15) is 0 Å². The number of carbonyl (C=O) groups excluding carboxylic acids is 1. The zero-order valence-electron chi connectivity index (χ0n) is 16.1. The molecule has 3 atom stereocenters. The summed E-state index contributed by atoms with van der Waals surface area (Å²) in [6.07, 6.45) is 7.12. The Balaban J connectivity index is 1.77. The van der Waals surface area contributed by atoms with Crippen molar-refractivity contribution in [3.8, 4) is 0 Å². The van der Waals surface area contributed by atoms with Crippen molar-refractivity contribution < 1.29 is 14.6 Å². The summed E-state index contributed by atoms with van der Waals surface area (Å²) in [5.41, 5.74) is 4.68. The van der Waals surface area contributed by atoms with Crippen molar-refractivity contribution >= 4 is 11.7 Å². The number of hydrogen-bond donors (Lipinski definition) is 1. The van der Waals surface area contributed by atoms with E-state index in [4.69, 9.17) is 4.74 Å². The molecule has 2 aliphatic carbocycles. The Kier molecular flexibility index (Phi) is 4.72. The molecule has 2 fully saturated rings. The fraction of sp³-hybridized carbons (Fsp3) is 0.682. The van der Waals surface area contributed by atoms with E-state index in [0.717, 1.165) is 56.4 Å². The molecule has 1 saturated carbocycles. The van der Waals surface area contributed by atoms with E-state index < -0.39 is 0 Å². The summed E-state index contributed by atoms with van der Waals surface area (Å²) in [6.45, 7) is 6.65. The van der Waals surface area contributed by atoms with E-state index in [2.05, 4.69) is 24.0 Å². The minimum absolute atomic E-state index is 0.145. The lowest BCUT2D eigenvalue weighted by molar-refractivity contribution is 0.0296. The summed E-state index contributed by atoms with van der Waals surface area (Å²) < 4.78 is 5.39. The highest BCUT2D eigenvalue weighted by Gasteiger charge is 2.44. The SMILES string of the molecule is CCOC(=O)c1cc2c(cc1N1CCCC1)CCC1(C)CC(O)CCC21. The number of fused-ring (bicyclic) bond motifs is 3. The quantitative estimate of drug-likeness (QED) is 0.830. The van der Waals surface area contributed by atoms with E-state index in [1.807, 2.05) is 6.92 Å². The Hall–Kier alpha value is -1.55. The molecule has 0 amide bonds. The average Bonchev–Trinajstić information content (AvgIpc) is 3.14. The van der Waals surface area contributed by atoms with Gasteiger partial charge in [0, 0.05) is 13.1 Å². The second-order valence-electron chi connectivity index (χ2n) is 8.62. The first kappa shape index (κ1) is 17.8. The van der Waals surface area contributed by atoms with Gasteiger partial charge in [0.05, 0.1) is 24.0 Å². The van der Waals surface area contributed by atoms with Crippen molar-refractivity contribution in [2.24, 2.45) is 5.41 Å². The van der Waals surface area contributed by atoms with Crippen LogP contribution in [-0.4, -0.2) is 36.9 Å². The van der Waals surface area contributed by atoms with Crippen LogP contribution in [0.15, 0.2) is 12.1 Å². The standard InChI is InChI=1S/C22H31NO3/c1-3-26-21(25)18-13-17-15(12-20(18)23-10-4-5-11-23)8-9-22(2)14-16(24)6-7-19(17)22/h12-13,16,19,24H,3-11,14H2,1-2H3. The van der Waals surface area contributed by atoms with Gasteiger partial charge < -0.3 is 14.7 Å². The molecule has 0 radical (unpaired) electrons. The monoisotopic (exact) mass is 357 g/mol. The number of aliphatic hydroxyl groups is 1. The number of rotatable bonds is 3. The Labute approximate surface area is 156 Å². The minimum Gasteiger partial charge on any atom is -0.462 e. The van der Waals surface area contributed by atoms with E-state index in [1.165, 1.54) is 24.0 Å². The Morgan fingerprint density at radius 2 is 2.08 bits per heavy atom. The van der Waals surface area contributed by atoms with E-state index >= 15 is 0 Å². The number of carbonyl (C=O) groups is 1. The van der Waals surface area contributed by atoms with Crippen molar-refractivity contribution in [1.29, 1.82) is 0 Å². The van der Waals surface area contributed by atoms with Crippen LogP contribution in [0, 0.1) is 5.41 Å². The van der Waals surface area contributed by atoms with Gasteiger partial charge in [0.25, 0.3) is 0 Å². The van der Waals surface area contributed by atoms with Crippen LogP contribution < -0.4 is 4.90 Å². The van der Waals surface area contributed by atoms with Gasteiger partial charge in [0.2, 0.25) is 0 Å². The lowest BCUT2D eigenvalue weighted by Crippen LogP contribution is -2.39. The summed E-state index contributed by atoms with van der Waals surface area (Å²) in [4.78, 5) is 15.1. The van der Waals surface area contributed by atoms with Gasteiger partial charge in [-0.05, 0) is 86.5 Å². The highest BCUT2D eigenvalue weighted by atomic mass is 16.5. The maximum Gasteiger partial charge on any atom is 0.340 e. The van der Waals surface area contributed by atoms with Crippen molar-refractivity contribution in [3.05, 3.63) is 28.8 Å². The van der Waals surface area contributed by atoms with Crippen molar-refractivity contribution in [1.82, 2.24) is 0 Å². The van der Waals surface area contributed by atoms with Crippen molar-refractivity contribution in [2.45, 2.75) is 70.8 Å². The molecule has 4 nitrogen and oxygen atoms in total. The molecular weight excluding hydrogens is 326 g/mol. The topological polar surface area (TPSA) is 49.8 Å². The van der Waals surface area contributed by atoms with Gasteiger partial charge >= 0.3 is 5.97 Å². The normalized spacial score (nSPS) is 30.7. The fourth-order valence-electron chi connectivity index (χ4n) is 5.50. The van der Waals surface area contributed by atoms with E-state index in [1.54, 1.807) is 0 Å². The smallest absolute Gasteiger partial charge is 0.340 e. The Morgan fingerprint density at radius 3 is 2.81 bits per heavy atom. The Morgan fingerprint density at radius 1 is 1.31 bits per heavy atom. The molecule has 0 aromatic heterocycles. The van der Waals surface area contributed by atoms with Crippen LogP contribution in [0.1, 0.15) is 79.8 Å². The lowest BCUT2D eigenvalue weighted by atomic mass is 9.58. The van der Waals surface area contributed by atoms with Gasteiger partial charge in [0.15, 0.2) is 0 Å². The molecule has 1 aromatic carbocycles. The van der Waals surface area contributed by atoms with E-state index in [9.17, 15) is 9.90 Å². The number of esters is 1. The zero-order chi connectivity index (χ0) is 18.3. The lowest BCUT2D eigenvalue weighted by Gasteiger charge is -2.48. The molecule has 3 aliphatic rings. The minimum atomic E-state index is -0.194. The molecule has 1 saturated heterocycles. The molecule has 1 N–H and O–H groups in total. The van der Waals surface area contributed by atoms with Gasteiger partial charge in [-0.3, -0.25) is 0 Å². The van der Waals surface area contributed by atoms with Crippen LogP contribution in [0.4, 0.5) is 5.69 Å². The first-order valence-electron chi connectivity index (χ1n) is 10.3. The second kappa shape index (κ2) is 6.88. The molecule has 4 rings (SSSR count). The first-order chi connectivity index (χ1) is 12.5. The van der Waals surface area contributed by atoms with Crippen LogP contribution in [-0.2, 0) is 11.2 Å². The number of aryl methyl sites for hydroxylation is 1. The molecule has 3 unspecified atom stereocenters. The average molecular weight is 357 g/mol. The van der Waals surface area contributed by atoms with Crippen LogP contribution in [0.3, 0.4) is 0 Å². The number of aliphatic hydroxyl groups excluding tert-OH is 1. The fourth-order valence-corrected chi connectivity index (χ4v) is 5.50. The number of hydrogen-bond acceptors (Lipinski definition) is 4. The molecule has 142 valence electrons. The third kappa shape index (κ3) is 3.02. The zero-order valence-corrected chi connectivity index (χ0v) is 16.1. The predicted octanol–water partition coefficient (Wildman–Crippen LogP) is 4.04. The number of anilines is 1. The maximum atomic E-state index is 12.7. The highest BCUT2D eigenvalue weighted by Crippen LogP contribution is 2.54. The molecule has 1 aliphatic heterocycles. The van der Waals surface area contributed by atoms with Crippen LogP contribution in [0.25, 0.3) is 0 Å². The predicted molar refractivity (Wildman–Crippen MR) is 103 cm³/mol. The van der Waals surface area contributed by atoms with Crippen molar-refractivity contribution in [2.75, 3.05) is 24.6 Å². The van der Waals surface area contributed by atoms with Gasteiger partial charge in [-0.1, -0.05) is 6.92 Å². The Bertz CT molecular complexity index is 695. The van der Waals surface area contributed by atoms with Gasteiger partial charge in [-0.15, -0.1) is 0 Å². The third-order valence-electron chi connectivity index (χ3n) is 6.87. The molecule has 4 heteroatoms. The van der Waals surface area contributed by atoms with Gasteiger partial charge in [-0.2, -0.15) is 0 Å². The first-order valence-corrected chi connectivity index (χ1v) is 10.3. The number of benzene rings is 1. The van der Waals surface area contributed by atoms with Crippen LogP contribution in [0.5, 0.6) is 0 Å². The summed E-state index contributed by atoms with van der Waals surface area (Å²) >= 11 is 0. The molecule has 0 bridgehead atoms. The summed E-state index contributed by atoms with van der Waals surface area (Å²) in [7, 11) is 0. The molecule has 26 heavy (non-hydrogen) atoms. The largest absolute Gasteiger partial charge is 0.462 e. The highest BCUT2D eigenvalue weighted by molar-refractivity contribution is 5.96. The summed E-state index contributed by atoms with van der Waals surface area (Å²) in [6, 6.07) is 4.41. The van der Waals surface area contributed by atoms with Crippen LogP contribution in [0.2, 0.25) is 0 Å². The van der Waals surface area contributed by atoms with Gasteiger partial charge in [-0.25, -0.2) is 4.79 Å². The summed E-state index contributed by atoms with van der Waals surface area (Å²) in [5.74, 6) is 0.246. The van der Waals surface area contributed by atoms with Crippen molar-refractivity contribution in [3.63, 3.8) is 0 Å². The van der Waals surface area contributed by atoms with E-state index in [0.29, 0.717) is 12.5 Å². The molecule has 0 spiro atoms.